The summed E-state index contributed by atoms with van der Waals surface area (Å²) in [7, 11) is 1.66. The van der Waals surface area contributed by atoms with Crippen LogP contribution in [-0.4, -0.2) is 12.1 Å². The molecule has 1 aromatic heterocycles. The van der Waals surface area contributed by atoms with Crippen LogP contribution in [0.25, 0.3) is 11.3 Å². The summed E-state index contributed by atoms with van der Waals surface area (Å²) < 4.78 is 5.32. The van der Waals surface area contributed by atoms with Crippen molar-refractivity contribution >= 4 is 22.2 Å². The molecule has 0 aliphatic rings. The molecule has 4 heteroatoms. The molecule has 1 heterocycles. The molecule has 20 heavy (non-hydrogen) atoms. The maximum absolute atomic E-state index is 5.32. The van der Waals surface area contributed by atoms with Gasteiger partial charge in [-0.2, -0.15) is 0 Å². The van der Waals surface area contributed by atoms with Gasteiger partial charge in [-0.25, -0.2) is 4.98 Å². The van der Waals surface area contributed by atoms with E-state index in [-0.39, 0.29) is 0 Å². The Morgan fingerprint density at radius 2 is 1.75 bits per heavy atom. The lowest BCUT2D eigenvalue weighted by molar-refractivity contribution is 0.417. The van der Waals surface area contributed by atoms with Gasteiger partial charge in [0, 0.05) is 10.9 Å². The van der Waals surface area contributed by atoms with Crippen molar-refractivity contribution in [1.82, 2.24) is 4.98 Å². The van der Waals surface area contributed by atoms with Gasteiger partial charge in [0.25, 0.3) is 0 Å². The zero-order valence-electron chi connectivity index (χ0n) is 11.0. The SMILES string of the molecule is COc1ccccc1Nc1nc(-c2ccccc2)cs1. The number of rotatable bonds is 4. The number of thiazole rings is 1. The molecule has 3 rings (SSSR count). The molecule has 0 aliphatic carbocycles. The maximum Gasteiger partial charge on any atom is 0.187 e. The van der Waals surface area contributed by atoms with Crippen molar-refractivity contribution in [2.24, 2.45) is 0 Å². The first-order valence-corrected chi connectivity index (χ1v) is 7.16. The Morgan fingerprint density at radius 3 is 2.55 bits per heavy atom. The van der Waals surface area contributed by atoms with Crippen LogP contribution in [0.5, 0.6) is 5.75 Å². The van der Waals surface area contributed by atoms with E-state index in [9.17, 15) is 0 Å². The van der Waals surface area contributed by atoms with Gasteiger partial charge in [-0.05, 0) is 12.1 Å². The van der Waals surface area contributed by atoms with E-state index in [1.165, 1.54) is 0 Å². The van der Waals surface area contributed by atoms with Crippen molar-refractivity contribution in [3.05, 3.63) is 60.0 Å². The van der Waals surface area contributed by atoms with E-state index >= 15 is 0 Å². The quantitative estimate of drug-likeness (QED) is 0.761. The minimum atomic E-state index is 0.809. The van der Waals surface area contributed by atoms with Crippen molar-refractivity contribution in [2.45, 2.75) is 0 Å². The van der Waals surface area contributed by atoms with Crippen LogP contribution in [0.4, 0.5) is 10.8 Å². The highest BCUT2D eigenvalue weighted by atomic mass is 32.1. The highest BCUT2D eigenvalue weighted by Crippen LogP contribution is 2.30. The molecule has 0 saturated carbocycles. The van der Waals surface area contributed by atoms with Gasteiger partial charge in [0.1, 0.15) is 5.75 Å². The fourth-order valence-electron chi connectivity index (χ4n) is 1.94. The second kappa shape index (κ2) is 5.75. The summed E-state index contributed by atoms with van der Waals surface area (Å²) in [6.07, 6.45) is 0. The van der Waals surface area contributed by atoms with Gasteiger partial charge in [0.15, 0.2) is 5.13 Å². The lowest BCUT2D eigenvalue weighted by atomic mass is 10.2. The van der Waals surface area contributed by atoms with Crippen LogP contribution in [0.2, 0.25) is 0 Å². The molecule has 3 aromatic rings. The number of benzene rings is 2. The largest absolute Gasteiger partial charge is 0.495 e. The fraction of sp³-hybridized carbons (Fsp3) is 0.0625. The van der Waals surface area contributed by atoms with Crippen LogP contribution in [0.1, 0.15) is 0 Å². The maximum atomic E-state index is 5.32. The summed E-state index contributed by atoms with van der Waals surface area (Å²) >= 11 is 1.58. The van der Waals surface area contributed by atoms with E-state index in [0.717, 1.165) is 27.8 Å². The van der Waals surface area contributed by atoms with Crippen molar-refractivity contribution in [3.8, 4) is 17.0 Å². The van der Waals surface area contributed by atoms with Gasteiger partial charge in [0.05, 0.1) is 18.5 Å². The number of ether oxygens (including phenoxy) is 1. The molecule has 0 spiro atoms. The second-order valence-corrected chi connectivity index (χ2v) is 5.09. The normalized spacial score (nSPS) is 10.2. The van der Waals surface area contributed by atoms with Gasteiger partial charge in [-0.1, -0.05) is 42.5 Å². The van der Waals surface area contributed by atoms with E-state index in [2.05, 4.69) is 22.4 Å². The smallest absolute Gasteiger partial charge is 0.187 e. The van der Waals surface area contributed by atoms with Gasteiger partial charge in [0.2, 0.25) is 0 Å². The summed E-state index contributed by atoms with van der Waals surface area (Å²) in [5.74, 6) is 0.809. The van der Waals surface area contributed by atoms with Gasteiger partial charge >= 0.3 is 0 Å². The monoisotopic (exact) mass is 282 g/mol. The molecule has 0 atom stereocenters. The van der Waals surface area contributed by atoms with Crippen molar-refractivity contribution in [2.75, 3.05) is 12.4 Å². The van der Waals surface area contributed by atoms with Crippen molar-refractivity contribution in [1.29, 1.82) is 0 Å². The molecule has 0 radical (unpaired) electrons. The topological polar surface area (TPSA) is 34.1 Å². The number of nitrogens with one attached hydrogen (secondary N) is 1. The van der Waals surface area contributed by atoms with Crippen molar-refractivity contribution in [3.63, 3.8) is 0 Å². The minimum absolute atomic E-state index is 0.809. The molecule has 0 aliphatic heterocycles. The summed E-state index contributed by atoms with van der Waals surface area (Å²) in [6, 6.07) is 18.0. The third-order valence-corrected chi connectivity index (χ3v) is 3.68. The van der Waals surface area contributed by atoms with E-state index in [4.69, 9.17) is 4.74 Å². The number of para-hydroxylation sites is 2. The van der Waals surface area contributed by atoms with E-state index in [1.807, 2.05) is 47.8 Å². The Kier molecular flexibility index (Phi) is 3.65. The third-order valence-electron chi connectivity index (χ3n) is 2.92. The highest BCUT2D eigenvalue weighted by Gasteiger charge is 2.06. The number of methoxy groups -OCH3 is 1. The van der Waals surface area contributed by atoms with Crippen LogP contribution < -0.4 is 10.1 Å². The number of aromatic nitrogens is 1. The van der Waals surface area contributed by atoms with Crippen LogP contribution >= 0.6 is 11.3 Å². The molecular weight excluding hydrogens is 268 g/mol. The average Bonchev–Trinajstić information content (AvgIpc) is 2.97. The number of hydrogen-bond donors (Lipinski definition) is 1. The Hall–Kier alpha value is -2.33. The van der Waals surface area contributed by atoms with Crippen LogP contribution in [0, 0.1) is 0 Å². The Bertz CT molecular complexity index is 694. The van der Waals surface area contributed by atoms with Crippen LogP contribution in [0.3, 0.4) is 0 Å². The molecule has 0 saturated heterocycles. The van der Waals surface area contributed by atoms with E-state index in [0.29, 0.717) is 0 Å². The minimum Gasteiger partial charge on any atom is -0.495 e. The summed E-state index contributed by atoms with van der Waals surface area (Å²) in [4.78, 5) is 4.60. The average molecular weight is 282 g/mol. The summed E-state index contributed by atoms with van der Waals surface area (Å²) in [5.41, 5.74) is 3.02. The zero-order valence-corrected chi connectivity index (χ0v) is 11.9. The van der Waals surface area contributed by atoms with Crippen molar-refractivity contribution < 1.29 is 4.74 Å². The zero-order chi connectivity index (χ0) is 13.8. The fourth-order valence-corrected chi connectivity index (χ4v) is 2.67. The second-order valence-electron chi connectivity index (χ2n) is 4.23. The molecule has 3 nitrogen and oxygen atoms in total. The molecule has 100 valence electrons. The molecule has 0 fully saturated rings. The first-order chi connectivity index (χ1) is 9.86. The van der Waals surface area contributed by atoms with Gasteiger partial charge < -0.3 is 10.1 Å². The molecular formula is C16H14N2OS. The number of anilines is 2. The Labute approximate surface area is 121 Å². The molecule has 0 unspecified atom stereocenters. The lowest BCUT2D eigenvalue weighted by Crippen LogP contribution is -1.93. The van der Waals surface area contributed by atoms with Crippen LogP contribution in [-0.2, 0) is 0 Å². The molecule has 2 aromatic carbocycles. The standard InChI is InChI=1S/C16H14N2OS/c1-19-15-10-6-5-9-13(15)17-16-18-14(11-20-16)12-7-3-2-4-8-12/h2-11H,1H3,(H,17,18). The van der Waals surface area contributed by atoms with Gasteiger partial charge in [-0.3, -0.25) is 0 Å². The predicted octanol–water partition coefficient (Wildman–Crippen LogP) is 4.56. The van der Waals surface area contributed by atoms with E-state index in [1.54, 1.807) is 18.4 Å². The van der Waals surface area contributed by atoms with Gasteiger partial charge in [-0.15, -0.1) is 11.3 Å². The summed E-state index contributed by atoms with van der Waals surface area (Å²) in [6.45, 7) is 0. The highest BCUT2D eigenvalue weighted by molar-refractivity contribution is 7.14. The third kappa shape index (κ3) is 2.65. The Morgan fingerprint density at radius 1 is 1.00 bits per heavy atom. The van der Waals surface area contributed by atoms with E-state index < -0.39 is 0 Å². The predicted molar refractivity (Wildman–Crippen MR) is 83.8 cm³/mol. The molecule has 0 bridgehead atoms. The van der Waals surface area contributed by atoms with Crippen LogP contribution in [0.15, 0.2) is 60.0 Å². The summed E-state index contributed by atoms with van der Waals surface area (Å²) in [5, 5.41) is 6.20. The number of hydrogen-bond acceptors (Lipinski definition) is 4. The first kappa shape index (κ1) is 12.7. The first-order valence-electron chi connectivity index (χ1n) is 6.28. The molecule has 1 N–H and O–H groups in total. The Balaban J connectivity index is 1.84. The molecule has 0 amide bonds. The number of nitrogens with zero attached hydrogens (tertiary/aromatic N) is 1. The lowest BCUT2D eigenvalue weighted by Gasteiger charge is -2.07.